The molecular formula is C10H18O. The van der Waals surface area contributed by atoms with Gasteiger partial charge in [-0.15, -0.1) is 0 Å². The van der Waals surface area contributed by atoms with Crippen LogP contribution in [-0.2, 0) is 4.74 Å². The Morgan fingerprint density at radius 3 is 2.18 bits per heavy atom. The molecule has 1 heteroatoms. The molecule has 1 aliphatic heterocycles. The summed E-state index contributed by atoms with van der Waals surface area (Å²) >= 11 is 0. The zero-order chi connectivity index (χ0) is 7.57. The van der Waals surface area contributed by atoms with Crippen LogP contribution in [0.5, 0.6) is 0 Å². The van der Waals surface area contributed by atoms with Gasteiger partial charge in [0.15, 0.2) is 0 Å². The van der Waals surface area contributed by atoms with Gasteiger partial charge < -0.3 is 4.74 Å². The Bertz CT molecular complexity index is 115. The van der Waals surface area contributed by atoms with Crippen LogP contribution in [0.3, 0.4) is 0 Å². The molecular weight excluding hydrogens is 136 g/mol. The van der Waals surface area contributed by atoms with Gasteiger partial charge in [-0.3, -0.25) is 0 Å². The van der Waals surface area contributed by atoms with E-state index < -0.39 is 0 Å². The number of hydrogen-bond donors (Lipinski definition) is 0. The summed E-state index contributed by atoms with van der Waals surface area (Å²) in [6.45, 7) is 2.08. The van der Waals surface area contributed by atoms with E-state index in [2.05, 4.69) is 0 Å². The van der Waals surface area contributed by atoms with Crippen LogP contribution in [-0.4, -0.2) is 13.2 Å². The van der Waals surface area contributed by atoms with Crippen molar-refractivity contribution >= 4 is 0 Å². The SMILES string of the molecule is C1CCC2(CCCC2)COC1. The quantitative estimate of drug-likeness (QED) is 0.521. The minimum absolute atomic E-state index is 0.635. The molecule has 1 saturated carbocycles. The summed E-state index contributed by atoms with van der Waals surface area (Å²) in [5, 5.41) is 0. The first kappa shape index (κ1) is 7.60. The van der Waals surface area contributed by atoms with Gasteiger partial charge in [-0.1, -0.05) is 19.3 Å². The second-order valence-electron chi connectivity index (χ2n) is 4.22. The molecule has 0 unspecified atom stereocenters. The highest BCUT2D eigenvalue weighted by Gasteiger charge is 2.34. The Morgan fingerprint density at radius 1 is 0.818 bits per heavy atom. The second-order valence-corrected chi connectivity index (χ2v) is 4.22. The molecule has 1 spiro atoms. The third kappa shape index (κ3) is 1.58. The molecule has 0 aromatic carbocycles. The van der Waals surface area contributed by atoms with Crippen molar-refractivity contribution < 1.29 is 4.74 Å². The largest absolute Gasteiger partial charge is 0.381 e. The number of ether oxygens (including phenoxy) is 1. The van der Waals surface area contributed by atoms with E-state index >= 15 is 0 Å². The minimum Gasteiger partial charge on any atom is -0.381 e. The van der Waals surface area contributed by atoms with Crippen molar-refractivity contribution in [2.24, 2.45) is 5.41 Å². The van der Waals surface area contributed by atoms with Gasteiger partial charge in [0.2, 0.25) is 0 Å². The standard InChI is InChI=1S/C10H18O/c1-2-6-10(5-1)7-3-4-8-11-9-10/h1-9H2. The smallest absolute Gasteiger partial charge is 0.0522 e. The van der Waals surface area contributed by atoms with Gasteiger partial charge in [0.05, 0.1) is 6.61 Å². The zero-order valence-electron chi connectivity index (χ0n) is 7.27. The highest BCUT2D eigenvalue weighted by molar-refractivity contribution is 4.85. The molecule has 1 aliphatic carbocycles. The van der Waals surface area contributed by atoms with Crippen molar-refractivity contribution in [1.29, 1.82) is 0 Å². The van der Waals surface area contributed by atoms with Crippen LogP contribution in [0.4, 0.5) is 0 Å². The molecule has 0 N–H and O–H groups in total. The third-order valence-electron chi connectivity index (χ3n) is 3.32. The van der Waals surface area contributed by atoms with Gasteiger partial charge in [-0.05, 0) is 31.1 Å². The molecule has 1 nitrogen and oxygen atoms in total. The Kier molecular flexibility index (Phi) is 2.17. The van der Waals surface area contributed by atoms with Crippen molar-refractivity contribution in [2.75, 3.05) is 13.2 Å². The normalized spacial score (nSPS) is 30.5. The number of rotatable bonds is 0. The summed E-state index contributed by atoms with van der Waals surface area (Å²) in [5.74, 6) is 0. The summed E-state index contributed by atoms with van der Waals surface area (Å²) in [6.07, 6.45) is 9.90. The first-order valence-electron chi connectivity index (χ1n) is 4.99. The van der Waals surface area contributed by atoms with E-state index in [1.807, 2.05) is 0 Å². The van der Waals surface area contributed by atoms with E-state index in [0.29, 0.717) is 5.41 Å². The maximum atomic E-state index is 5.63. The maximum absolute atomic E-state index is 5.63. The fourth-order valence-electron chi connectivity index (χ4n) is 2.58. The lowest BCUT2D eigenvalue weighted by Gasteiger charge is -2.25. The molecule has 64 valence electrons. The third-order valence-corrected chi connectivity index (χ3v) is 3.32. The maximum Gasteiger partial charge on any atom is 0.0522 e. The van der Waals surface area contributed by atoms with Crippen LogP contribution < -0.4 is 0 Å². The van der Waals surface area contributed by atoms with Gasteiger partial charge in [-0.25, -0.2) is 0 Å². The van der Waals surface area contributed by atoms with Crippen LogP contribution in [0.1, 0.15) is 44.9 Å². The molecule has 1 heterocycles. The van der Waals surface area contributed by atoms with E-state index in [0.717, 1.165) is 13.2 Å². The van der Waals surface area contributed by atoms with E-state index in [9.17, 15) is 0 Å². The van der Waals surface area contributed by atoms with Gasteiger partial charge in [-0.2, -0.15) is 0 Å². The Morgan fingerprint density at radius 2 is 1.45 bits per heavy atom. The molecule has 0 aromatic heterocycles. The summed E-state index contributed by atoms with van der Waals surface area (Å²) in [4.78, 5) is 0. The van der Waals surface area contributed by atoms with Gasteiger partial charge in [0, 0.05) is 6.61 Å². The first-order valence-corrected chi connectivity index (χ1v) is 4.99. The topological polar surface area (TPSA) is 9.23 Å². The Hall–Kier alpha value is -0.0400. The van der Waals surface area contributed by atoms with E-state index in [1.165, 1.54) is 44.9 Å². The van der Waals surface area contributed by atoms with Crippen LogP contribution in [0.15, 0.2) is 0 Å². The molecule has 1 saturated heterocycles. The molecule has 2 rings (SSSR count). The molecule has 0 atom stereocenters. The van der Waals surface area contributed by atoms with Gasteiger partial charge in [0.1, 0.15) is 0 Å². The van der Waals surface area contributed by atoms with E-state index in [4.69, 9.17) is 4.74 Å². The fourth-order valence-corrected chi connectivity index (χ4v) is 2.58. The molecule has 0 amide bonds. The van der Waals surface area contributed by atoms with Crippen LogP contribution in [0.25, 0.3) is 0 Å². The molecule has 0 aromatic rings. The Balaban J connectivity index is 1.97. The second kappa shape index (κ2) is 3.14. The fraction of sp³-hybridized carbons (Fsp3) is 1.00. The average Bonchev–Trinajstić information content (AvgIpc) is 2.32. The first-order chi connectivity index (χ1) is 5.41. The highest BCUT2D eigenvalue weighted by Crippen LogP contribution is 2.43. The summed E-state index contributed by atoms with van der Waals surface area (Å²) < 4.78 is 5.63. The number of hydrogen-bond acceptors (Lipinski definition) is 1. The zero-order valence-corrected chi connectivity index (χ0v) is 7.27. The van der Waals surface area contributed by atoms with Crippen LogP contribution in [0, 0.1) is 5.41 Å². The lowest BCUT2D eigenvalue weighted by molar-refractivity contribution is 0.0636. The van der Waals surface area contributed by atoms with Crippen molar-refractivity contribution in [3.63, 3.8) is 0 Å². The van der Waals surface area contributed by atoms with Crippen molar-refractivity contribution in [1.82, 2.24) is 0 Å². The van der Waals surface area contributed by atoms with E-state index in [-0.39, 0.29) is 0 Å². The van der Waals surface area contributed by atoms with E-state index in [1.54, 1.807) is 0 Å². The molecule has 2 fully saturated rings. The Labute approximate surface area is 69.1 Å². The molecule has 11 heavy (non-hydrogen) atoms. The molecule has 0 radical (unpaired) electrons. The lowest BCUT2D eigenvalue weighted by Crippen LogP contribution is -2.21. The minimum atomic E-state index is 0.635. The van der Waals surface area contributed by atoms with Gasteiger partial charge in [0.25, 0.3) is 0 Å². The van der Waals surface area contributed by atoms with Crippen molar-refractivity contribution in [3.05, 3.63) is 0 Å². The monoisotopic (exact) mass is 154 g/mol. The van der Waals surface area contributed by atoms with Crippen molar-refractivity contribution in [2.45, 2.75) is 44.9 Å². The average molecular weight is 154 g/mol. The summed E-state index contributed by atoms with van der Waals surface area (Å²) in [6, 6.07) is 0. The predicted molar refractivity (Wildman–Crippen MR) is 45.6 cm³/mol. The van der Waals surface area contributed by atoms with Crippen LogP contribution in [0.2, 0.25) is 0 Å². The lowest BCUT2D eigenvalue weighted by atomic mass is 9.82. The summed E-state index contributed by atoms with van der Waals surface area (Å²) in [5.41, 5.74) is 0.635. The molecule has 0 bridgehead atoms. The van der Waals surface area contributed by atoms with Crippen LogP contribution >= 0.6 is 0 Å². The molecule has 2 aliphatic rings. The van der Waals surface area contributed by atoms with Crippen molar-refractivity contribution in [3.8, 4) is 0 Å². The predicted octanol–water partition coefficient (Wildman–Crippen LogP) is 2.75. The summed E-state index contributed by atoms with van der Waals surface area (Å²) in [7, 11) is 0. The van der Waals surface area contributed by atoms with Gasteiger partial charge >= 0.3 is 0 Å². The highest BCUT2D eigenvalue weighted by atomic mass is 16.5.